The normalized spacial score (nSPS) is 14.3. The Labute approximate surface area is 134 Å². The molecule has 22 heavy (non-hydrogen) atoms. The van der Waals surface area contributed by atoms with Crippen molar-refractivity contribution in [3.05, 3.63) is 58.6 Å². The lowest BCUT2D eigenvalue weighted by atomic mass is 10.1. The molecule has 1 N–H and O–H groups in total. The van der Waals surface area contributed by atoms with Crippen molar-refractivity contribution in [2.75, 3.05) is 13.2 Å². The fraction of sp³-hybridized carbons (Fsp3) is 0.235. The van der Waals surface area contributed by atoms with E-state index in [1.54, 1.807) is 24.3 Å². The summed E-state index contributed by atoms with van der Waals surface area (Å²) in [6, 6.07) is 12.4. The number of nitrogens with one attached hydrogen (secondary N) is 1. The minimum atomic E-state index is -0.162. The van der Waals surface area contributed by atoms with Crippen LogP contribution in [-0.4, -0.2) is 19.1 Å². The van der Waals surface area contributed by atoms with Gasteiger partial charge in [-0.3, -0.25) is 4.79 Å². The molecule has 1 atom stereocenters. The Kier molecular flexibility index (Phi) is 4.20. The second-order valence-corrected chi connectivity index (χ2v) is 5.55. The molecule has 0 bridgehead atoms. The number of benzene rings is 2. The molecule has 1 heterocycles. The van der Waals surface area contributed by atoms with Gasteiger partial charge in [0.05, 0.1) is 6.04 Å². The lowest BCUT2D eigenvalue weighted by Crippen LogP contribution is -2.26. The number of carbonyl (C=O) groups excluding carboxylic acids is 1. The largest absolute Gasteiger partial charge is 0.486 e. The number of hydrogen-bond donors (Lipinski definition) is 1. The van der Waals surface area contributed by atoms with E-state index in [9.17, 15) is 4.79 Å². The molecule has 114 valence electrons. The fourth-order valence-electron chi connectivity index (χ4n) is 2.32. The van der Waals surface area contributed by atoms with Crippen molar-refractivity contribution >= 4 is 17.5 Å². The van der Waals surface area contributed by atoms with E-state index in [4.69, 9.17) is 21.1 Å². The van der Waals surface area contributed by atoms with Crippen LogP contribution >= 0.6 is 11.6 Å². The van der Waals surface area contributed by atoms with E-state index in [1.807, 2.05) is 25.1 Å². The highest BCUT2D eigenvalue weighted by atomic mass is 35.5. The van der Waals surface area contributed by atoms with Crippen LogP contribution in [0.3, 0.4) is 0 Å². The molecular weight excluding hydrogens is 302 g/mol. The fourth-order valence-corrected chi connectivity index (χ4v) is 2.51. The number of carbonyl (C=O) groups is 1. The molecule has 0 fully saturated rings. The lowest BCUT2D eigenvalue weighted by Gasteiger charge is -2.21. The van der Waals surface area contributed by atoms with E-state index >= 15 is 0 Å². The molecule has 0 aliphatic carbocycles. The topological polar surface area (TPSA) is 47.6 Å². The van der Waals surface area contributed by atoms with Gasteiger partial charge in [0.25, 0.3) is 5.91 Å². The van der Waals surface area contributed by atoms with Crippen LogP contribution in [0.1, 0.15) is 28.9 Å². The van der Waals surface area contributed by atoms with Gasteiger partial charge in [0.2, 0.25) is 0 Å². The zero-order chi connectivity index (χ0) is 15.5. The van der Waals surface area contributed by atoms with Crippen LogP contribution in [-0.2, 0) is 0 Å². The molecule has 0 spiro atoms. The van der Waals surface area contributed by atoms with Gasteiger partial charge in [-0.2, -0.15) is 0 Å². The summed E-state index contributed by atoms with van der Waals surface area (Å²) < 4.78 is 11.1. The molecule has 1 amide bonds. The Balaban J connectivity index is 1.74. The van der Waals surface area contributed by atoms with Crippen LogP contribution in [0.5, 0.6) is 11.5 Å². The van der Waals surface area contributed by atoms with Gasteiger partial charge in [0.15, 0.2) is 11.5 Å². The maximum absolute atomic E-state index is 12.2. The first-order valence-corrected chi connectivity index (χ1v) is 7.47. The predicted octanol–water partition coefficient (Wildman–Crippen LogP) is 3.60. The Bertz CT molecular complexity index is 702. The van der Waals surface area contributed by atoms with Crippen LogP contribution in [0.2, 0.25) is 5.02 Å². The maximum Gasteiger partial charge on any atom is 0.251 e. The van der Waals surface area contributed by atoms with E-state index in [2.05, 4.69) is 5.32 Å². The second kappa shape index (κ2) is 6.28. The third-order valence-corrected chi connectivity index (χ3v) is 3.74. The van der Waals surface area contributed by atoms with Crippen molar-refractivity contribution in [1.82, 2.24) is 5.32 Å². The third-order valence-electron chi connectivity index (χ3n) is 3.50. The van der Waals surface area contributed by atoms with Crippen molar-refractivity contribution in [2.45, 2.75) is 13.0 Å². The van der Waals surface area contributed by atoms with Crippen LogP contribution in [0, 0.1) is 0 Å². The monoisotopic (exact) mass is 317 g/mol. The highest BCUT2D eigenvalue weighted by molar-refractivity contribution is 6.30. The molecule has 1 aliphatic heterocycles. The molecule has 1 aliphatic rings. The lowest BCUT2D eigenvalue weighted by molar-refractivity contribution is 0.0939. The number of hydrogen-bond acceptors (Lipinski definition) is 3. The van der Waals surface area contributed by atoms with Crippen LogP contribution in [0.4, 0.5) is 0 Å². The number of amides is 1. The van der Waals surface area contributed by atoms with Gasteiger partial charge in [-0.1, -0.05) is 23.7 Å². The molecule has 0 radical (unpaired) electrons. The number of rotatable bonds is 3. The van der Waals surface area contributed by atoms with Gasteiger partial charge in [0, 0.05) is 10.6 Å². The van der Waals surface area contributed by atoms with E-state index in [1.165, 1.54) is 0 Å². The molecule has 3 rings (SSSR count). The molecule has 5 heteroatoms. The highest BCUT2D eigenvalue weighted by Gasteiger charge is 2.16. The van der Waals surface area contributed by atoms with Gasteiger partial charge in [-0.05, 0) is 42.8 Å². The highest BCUT2D eigenvalue weighted by Crippen LogP contribution is 2.32. The molecule has 0 aromatic heterocycles. The van der Waals surface area contributed by atoms with Gasteiger partial charge in [-0.25, -0.2) is 0 Å². The molecular formula is C17H16ClNO3. The molecule has 2 aromatic carbocycles. The molecule has 2 aromatic rings. The van der Waals surface area contributed by atoms with E-state index in [0.717, 1.165) is 11.3 Å². The van der Waals surface area contributed by atoms with Gasteiger partial charge < -0.3 is 14.8 Å². The van der Waals surface area contributed by atoms with Gasteiger partial charge in [-0.15, -0.1) is 0 Å². The Morgan fingerprint density at radius 2 is 1.91 bits per heavy atom. The standard InChI is InChI=1S/C17H16ClNO3/c1-11(19-17(20)13-3-2-4-14(18)9-13)12-5-6-15-16(10-12)22-8-7-21-15/h2-6,9-11H,7-8H2,1H3,(H,19,20). The summed E-state index contributed by atoms with van der Waals surface area (Å²) in [5, 5.41) is 3.49. The summed E-state index contributed by atoms with van der Waals surface area (Å²) in [7, 11) is 0. The second-order valence-electron chi connectivity index (χ2n) is 5.11. The summed E-state index contributed by atoms with van der Waals surface area (Å²) in [5.74, 6) is 1.29. The Morgan fingerprint density at radius 3 is 2.68 bits per heavy atom. The quantitative estimate of drug-likeness (QED) is 0.941. The van der Waals surface area contributed by atoms with Crippen molar-refractivity contribution in [2.24, 2.45) is 0 Å². The predicted molar refractivity (Wildman–Crippen MR) is 84.8 cm³/mol. The number of halogens is 1. The minimum absolute atomic E-state index is 0.151. The van der Waals surface area contributed by atoms with Crippen LogP contribution in [0.15, 0.2) is 42.5 Å². The van der Waals surface area contributed by atoms with Crippen LogP contribution in [0.25, 0.3) is 0 Å². The maximum atomic E-state index is 12.2. The van der Waals surface area contributed by atoms with Crippen molar-refractivity contribution < 1.29 is 14.3 Å². The average Bonchev–Trinajstić information content (AvgIpc) is 2.54. The number of ether oxygens (including phenoxy) is 2. The first kappa shape index (κ1) is 14.7. The minimum Gasteiger partial charge on any atom is -0.486 e. The van der Waals surface area contributed by atoms with Crippen molar-refractivity contribution in [3.8, 4) is 11.5 Å². The molecule has 1 unspecified atom stereocenters. The smallest absolute Gasteiger partial charge is 0.251 e. The Morgan fingerprint density at radius 1 is 1.14 bits per heavy atom. The first-order valence-electron chi connectivity index (χ1n) is 7.09. The van der Waals surface area contributed by atoms with E-state index in [-0.39, 0.29) is 11.9 Å². The summed E-state index contributed by atoms with van der Waals surface area (Å²) >= 11 is 5.91. The summed E-state index contributed by atoms with van der Waals surface area (Å²) in [4.78, 5) is 12.2. The van der Waals surface area contributed by atoms with Crippen LogP contribution < -0.4 is 14.8 Å². The van der Waals surface area contributed by atoms with Crippen molar-refractivity contribution in [3.63, 3.8) is 0 Å². The van der Waals surface area contributed by atoms with Gasteiger partial charge >= 0.3 is 0 Å². The zero-order valence-corrected chi connectivity index (χ0v) is 12.9. The van der Waals surface area contributed by atoms with Crippen molar-refractivity contribution in [1.29, 1.82) is 0 Å². The first-order chi connectivity index (χ1) is 10.6. The third kappa shape index (κ3) is 3.17. The van der Waals surface area contributed by atoms with E-state index in [0.29, 0.717) is 29.5 Å². The Hall–Kier alpha value is -2.20. The SMILES string of the molecule is CC(NC(=O)c1cccc(Cl)c1)c1ccc2c(c1)OCCO2. The average molecular weight is 318 g/mol. The molecule has 0 saturated carbocycles. The summed E-state index contributed by atoms with van der Waals surface area (Å²) in [6.07, 6.45) is 0. The molecule has 0 saturated heterocycles. The molecule has 4 nitrogen and oxygen atoms in total. The summed E-state index contributed by atoms with van der Waals surface area (Å²) in [5.41, 5.74) is 1.50. The summed E-state index contributed by atoms with van der Waals surface area (Å²) in [6.45, 7) is 3.03. The zero-order valence-electron chi connectivity index (χ0n) is 12.1. The number of fused-ring (bicyclic) bond motifs is 1. The van der Waals surface area contributed by atoms with Gasteiger partial charge in [0.1, 0.15) is 13.2 Å². The van der Waals surface area contributed by atoms with E-state index < -0.39 is 0 Å².